The summed E-state index contributed by atoms with van der Waals surface area (Å²) < 4.78 is 49.9. The number of rotatable bonds is 10. The van der Waals surface area contributed by atoms with Gasteiger partial charge in [0.1, 0.15) is 23.2 Å². The van der Waals surface area contributed by atoms with Crippen LogP contribution in [0.5, 0.6) is 5.75 Å². The van der Waals surface area contributed by atoms with Crippen molar-refractivity contribution in [3.63, 3.8) is 0 Å². The van der Waals surface area contributed by atoms with Gasteiger partial charge in [-0.15, -0.1) is 0 Å². The second-order valence-corrected chi connectivity index (χ2v) is 12.8. The fourth-order valence-electron chi connectivity index (χ4n) is 5.80. The molecule has 0 saturated heterocycles. The van der Waals surface area contributed by atoms with Crippen molar-refractivity contribution in [1.82, 2.24) is 4.90 Å². The zero-order valence-electron chi connectivity index (χ0n) is 24.4. The van der Waals surface area contributed by atoms with Gasteiger partial charge in [-0.1, -0.05) is 43.3 Å². The van der Waals surface area contributed by atoms with Crippen molar-refractivity contribution in [3.8, 4) is 5.75 Å². The Morgan fingerprint density at radius 1 is 1.02 bits per heavy atom. The van der Waals surface area contributed by atoms with Gasteiger partial charge >= 0.3 is 0 Å². The van der Waals surface area contributed by atoms with E-state index >= 15 is 8.78 Å². The summed E-state index contributed by atoms with van der Waals surface area (Å²) >= 11 is 8.01. The third-order valence-corrected chi connectivity index (χ3v) is 9.76. The summed E-state index contributed by atoms with van der Waals surface area (Å²) in [5, 5.41) is 0.503. The van der Waals surface area contributed by atoms with Crippen LogP contribution in [0.25, 0.3) is 5.70 Å². The topological polar surface area (TPSA) is 38.5 Å². The van der Waals surface area contributed by atoms with Gasteiger partial charge in [0.25, 0.3) is 0 Å². The Hall–Kier alpha value is -2.65. The Labute approximate surface area is 250 Å². The highest BCUT2D eigenvalue weighted by Crippen LogP contribution is 2.51. The van der Waals surface area contributed by atoms with Gasteiger partial charge in [0.2, 0.25) is 5.50 Å². The summed E-state index contributed by atoms with van der Waals surface area (Å²) in [4.78, 5) is 2.17. The molecular formula is C32H38ClF3N3OS+. The number of thioether (sulfide) groups is 1. The fourth-order valence-corrected chi connectivity index (χ4v) is 7.46. The van der Waals surface area contributed by atoms with Crippen LogP contribution in [0.3, 0.4) is 0 Å². The van der Waals surface area contributed by atoms with Gasteiger partial charge in [0.05, 0.1) is 31.9 Å². The average Bonchev–Trinajstić information content (AvgIpc) is 3.12. The first kappa shape index (κ1) is 31.3. The summed E-state index contributed by atoms with van der Waals surface area (Å²) in [5.41, 5.74) is 9.29. The molecule has 41 heavy (non-hydrogen) atoms. The largest absolute Gasteiger partial charge is 0.495 e. The van der Waals surface area contributed by atoms with E-state index in [2.05, 4.69) is 32.8 Å². The summed E-state index contributed by atoms with van der Waals surface area (Å²) in [6.07, 6.45) is 1.20. The first-order valence-electron chi connectivity index (χ1n) is 13.5. The molecule has 0 radical (unpaired) electrons. The van der Waals surface area contributed by atoms with Crippen LogP contribution in [0.15, 0.2) is 60.3 Å². The Morgan fingerprint density at radius 3 is 2.22 bits per heavy atom. The highest BCUT2D eigenvalue weighted by molar-refractivity contribution is 7.98. The Morgan fingerprint density at radius 2 is 1.66 bits per heavy atom. The van der Waals surface area contributed by atoms with E-state index in [1.54, 1.807) is 19.2 Å². The maximum absolute atomic E-state index is 15.1. The molecular weight excluding hydrogens is 567 g/mol. The number of quaternary nitrogens is 1. The lowest BCUT2D eigenvalue weighted by Crippen LogP contribution is -2.47. The molecule has 9 heteroatoms. The second-order valence-electron chi connectivity index (χ2n) is 11.4. The van der Waals surface area contributed by atoms with E-state index < -0.39 is 17.0 Å². The lowest BCUT2D eigenvalue weighted by atomic mass is 9.79. The molecule has 4 nitrogen and oxygen atoms in total. The van der Waals surface area contributed by atoms with Crippen molar-refractivity contribution in [2.24, 2.45) is 5.73 Å². The SMILES string of the molecule is COc1ccc(C(C)(C)C2=C(c3ccc(F)cc3)[N+](C)(C)C(SCc3c(F)cc(CCCN)cc3F)N2C)cc1Cl. The molecule has 0 saturated carbocycles. The molecule has 1 aliphatic rings. The van der Waals surface area contributed by atoms with Crippen LogP contribution in [0.1, 0.15) is 42.5 Å². The minimum absolute atomic E-state index is 0.0536. The minimum atomic E-state index is -0.546. The molecule has 1 atom stereocenters. The van der Waals surface area contributed by atoms with Gasteiger partial charge in [-0.2, -0.15) is 0 Å². The van der Waals surface area contributed by atoms with Gasteiger partial charge in [-0.3, -0.25) is 4.48 Å². The zero-order chi connectivity index (χ0) is 30.1. The number of nitrogens with zero attached hydrogens (tertiary/aromatic N) is 2. The summed E-state index contributed by atoms with van der Waals surface area (Å²) in [6.45, 7) is 4.70. The van der Waals surface area contributed by atoms with Crippen LogP contribution in [-0.4, -0.2) is 49.7 Å². The first-order chi connectivity index (χ1) is 19.3. The van der Waals surface area contributed by atoms with E-state index in [1.807, 2.05) is 25.2 Å². The van der Waals surface area contributed by atoms with E-state index in [0.717, 1.165) is 22.5 Å². The number of halogens is 4. The molecule has 3 aromatic carbocycles. The first-order valence-corrected chi connectivity index (χ1v) is 15.0. The average molecular weight is 605 g/mol. The summed E-state index contributed by atoms with van der Waals surface area (Å²) in [5.74, 6) is -0.683. The Bertz CT molecular complexity index is 1420. The molecule has 0 spiro atoms. The number of methoxy groups -OCH3 is 1. The van der Waals surface area contributed by atoms with Gasteiger partial charge in [0, 0.05) is 29.3 Å². The maximum atomic E-state index is 15.1. The predicted octanol–water partition coefficient (Wildman–Crippen LogP) is 7.54. The van der Waals surface area contributed by atoms with Crippen LogP contribution >= 0.6 is 23.4 Å². The minimum Gasteiger partial charge on any atom is -0.495 e. The third kappa shape index (κ3) is 6.12. The van der Waals surface area contributed by atoms with E-state index in [1.165, 1.54) is 36.0 Å². The lowest BCUT2D eigenvalue weighted by Gasteiger charge is -2.36. The fraction of sp³-hybridized carbons (Fsp3) is 0.375. The van der Waals surface area contributed by atoms with Crippen molar-refractivity contribution >= 4 is 29.1 Å². The highest BCUT2D eigenvalue weighted by atomic mass is 35.5. The molecule has 0 fully saturated rings. The highest BCUT2D eigenvalue weighted by Gasteiger charge is 2.52. The number of hydrogen-bond donors (Lipinski definition) is 1. The van der Waals surface area contributed by atoms with Gasteiger partial charge in [0.15, 0.2) is 5.70 Å². The number of nitrogens with two attached hydrogens (primary N) is 1. The van der Waals surface area contributed by atoms with Crippen molar-refractivity contribution < 1.29 is 22.4 Å². The van der Waals surface area contributed by atoms with Gasteiger partial charge < -0.3 is 15.4 Å². The number of hydrogen-bond acceptors (Lipinski definition) is 4. The number of allylic oxidation sites excluding steroid dienone is 1. The normalized spacial score (nSPS) is 17.0. The quantitative estimate of drug-likeness (QED) is 0.243. The third-order valence-electron chi connectivity index (χ3n) is 7.87. The summed E-state index contributed by atoms with van der Waals surface area (Å²) in [7, 11) is 7.71. The lowest BCUT2D eigenvalue weighted by molar-refractivity contribution is -0.832. The van der Waals surface area contributed by atoms with E-state index in [-0.39, 0.29) is 22.6 Å². The molecule has 0 bridgehead atoms. The Balaban J connectivity index is 1.76. The molecule has 3 aromatic rings. The Kier molecular flexibility index (Phi) is 9.38. The predicted molar refractivity (Wildman–Crippen MR) is 163 cm³/mol. The van der Waals surface area contributed by atoms with E-state index in [0.29, 0.717) is 40.2 Å². The van der Waals surface area contributed by atoms with Crippen molar-refractivity contribution in [1.29, 1.82) is 0 Å². The van der Waals surface area contributed by atoms with Crippen molar-refractivity contribution in [3.05, 3.63) is 105 Å². The van der Waals surface area contributed by atoms with Crippen LogP contribution < -0.4 is 10.5 Å². The van der Waals surface area contributed by atoms with E-state index in [9.17, 15) is 4.39 Å². The maximum Gasteiger partial charge on any atom is 0.217 e. The smallest absolute Gasteiger partial charge is 0.217 e. The molecule has 1 aliphatic heterocycles. The molecule has 220 valence electrons. The van der Waals surface area contributed by atoms with Crippen LogP contribution in [0.4, 0.5) is 13.2 Å². The van der Waals surface area contributed by atoms with Gasteiger partial charge in [-0.25, -0.2) is 13.2 Å². The zero-order valence-corrected chi connectivity index (χ0v) is 26.0. The van der Waals surface area contributed by atoms with E-state index in [4.69, 9.17) is 22.1 Å². The molecule has 1 unspecified atom stereocenters. The van der Waals surface area contributed by atoms with Crippen molar-refractivity contribution in [2.45, 2.75) is 43.4 Å². The van der Waals surface area contributed by atoms with Crippen LogP contribution in [0, 0.1) is 17.5 Å². The van der Waals surface area contributed by atoms with Crippen LogP contribution in [0.2, 0.25) is 5.02 Å². The van der Waals surface area contributed by atoms with Crippen molar-refractivity contribution in [2.75, 3.05) is 34.8 Å². The molecule has 0 aliphatic carbocycles. The molecule has 1 heterocycles. The monoisotopic (exact) mass is 604 g/mol. The number of likely N-dealkylation sites (N-methyl/N-ethyl adjacent to an activating group) is 1. The number of aryl methyl sites for hydroxylation is 1. The standard InChI is InChI=1S/C32H38ClF3N3OS/c1-32(2,22-11-14-28(40-6)25(33)18-22)30-29(21-9-12-23(34)13-10-21)39(4,5)31(38(30)3)41-19-24-26(35)16-20(8-7-15-37)17-27(24)36/h9-14,16-18,31H,7-8,15,19,37H2,1-6H3/q+1. The molecule has 4 rings (SSSR count). The number of ether oxygens (including phenoxy) is 1. The molecule has 0 aromatic heterocycles. The summed E-state index contributed by atoms with van der Waals surface area (Å²) in [6, 6.07) is 15.0. The number of benzene rings is 3. The second kappa shape index (κ2) is 12.3. The molecule has 0 amide bonds. The molecule has 2 N–H and O–H groups in total. The van der Waals surface area contributed by atoms with Gasteiger partial charge in [-0.05, 0) is 79.0 Å². The van der Waals surface area contributed by atoms with Crippen LogP contribution in [-0.2, 0) is 17.6 Å².